The molecule has 27 heavy (non-hydrogen) atoms. The Morgan fingerprint density at radius 2 is 1.78 bits per heavy atom. The van der Waals surface area contributed by atoms with Gasteiger partial charge >= 0.3 is 0 Å². The number of phenols is 1. The summed E-state index contributed by atoms with van der Waals surface area (Å²) < 4.78 is 0. The topological polar surface area (TPSA) is 73.0 Å². The second-order valence-corrected chi connectivity index (χ2v) is 6.38. The molecule has 0 unspecified atom stereocenters. The molecule has 1 N–H and O–H groups in total. The summed E-state index contributed by atoms with van der Waals surface area (Å²) >= 11 is 0. The minimum absolute atomic E-state index is 0.176. The van der Waals surface area contributed by atoms with E-state index in [4.69, 9.17) is 5.26 Å². The van der Waals surface area contributed by atoms with Crippen molar-refractivity contribution in [3.63, 3.8) is 0 Å². The molecule has 0 radical (unpaired) electrons. The molecule has 0 amide bonds. The van der Waals surface area contributed by atoms with Crippen molar-refractivity contribution in [3.05, 3.63) is 48.5 Å². The van der Waals surface area contributed by atoms with Crippen LogP contribution in [-0.2, 0) is 0 Å². The van der Waals surface area contributed by atoms with Crippen molar-refractivity contribution in [2.75, 3.05) is 18.0 Å². The van der Waals surface area contributed by atoms with E-state index in [9.17, 15) is 5.11 Å². The van der Waals surface area contributed by atoms with Crippen molar-refractivity contribution in [3.8, 4) is 23.0 Å². The number of fused-ring (bicyclic) bond motifs is 1. The highest BCUT2D eigenvalue weighted by atomic mass is 16.3. The first-order valence-electron chi connectivity index (χ1n) is 9.45. The lowest BCUT2D eigenvalue weighted by atomic mass is 9.45. The monoisotopic (exact) mass is 358 g/mol. The first kappa shape index (κ1) is 18.7. The highest BCUT2D eigenvalue weighted by Crippen LogP contribution is 2.30. The summed E-state index contributed by atoms with van der Waals surface area (Å²) in [6, 6.07) is 15.3. The molecule has 6 heteroatoms. The number of benzene rings is 2. The Kier molecular flexibility index (Phi) is 5.92. The summed E-state index contributed by atoms with van der Waals surface area (Å²) in [5.41, 5.74) is 3.30. The first-order valence-corrected chi connectivity index (χ1v) is 9.45. The summed E-state index contributed by atoms with van der Waals surface area (Å²) in [6.45, 7) is 5.97. The molecular formula is C21H23BN4O. The van der Waals surface area contributed by atoms with Crippen LogP contribution in [0.5, 0.6) is 5.75 Å². The van der Waals surface area contributed by atoms with E-state index in [0.717, 1.165) is 42.3 Å². The van der Waals surface area contributed by atoms with E-state index in [1.165, 1.54) is 0 Å². The quantitative estimate of drug-likeness (QED) is 0.687. The number of aromatic hydroxyl groups is 1. The molecule has 4 rings (SSSR count). The number of hydrogen-bond donors (Lipinski definition) is 1. The Bertz CT molecular complexity index is 962. The average Bonchev–Trinajstić information content (AvgIpc) is 2.75. The second-order valence-electron chi connectivity index (χ2n) is 6.38. The van der Waals surface area contributed by atoms with Crippen LogP contribution < -0.4 is 4.90 Å². The van der Waals surface area contributed by atoms with E-state index in [1.807, 2.05) is 38.1 Å². The van der Waals surface area contributed by atoms with Crippen molar-refractivity contribution in [1.29, 1.82) is 5.26 Å². The van der Waals surface area contributed by atoms with Gasteiger partial charge in [-0.1, -0.05) is 26.0 Å². The molecule has 1 aliphatic heterocycles. The molecule has 1 aromatic heterocycles. The second kappa shape index (κ2) is 8.55. The molecule has 2 aromatic carbocycles. The van der Waals surface area contributed by atoms with Gasteiger partial charge in [0.25, 0.3) is 6.71 Å². The number of rotatable bonds is 2. The Labute approximate surface area is 160 Å². The van der Waals surface area contributed by atoms with Crippen LogP contribution in [0.4, 0.5) is 5.69 Å². The number of nitriles is 1. The van der Waals surface area contributed by atoms with E-state index in [1.54, 1.807) is 12.1 Å². The predicted octanol–water partition coefficient (Wildman–Crippen LogP) is 4.41. The van der Waals surface area contributed by atoms with Crippen molar-refractivity contribution in [2.45, 2.75) is 26.5 Å². The SMILES string of the molecule is CC.N#CB1CCN(c2ccc3nnc(-c4ccccc4O)cc3c2)CC1. The number of hydrogen-bond acceptors (Lipinski definition) is 5. The van der Waals surface area contributed by atoms with Crippen molar-refractivity contribution >= 4 is 23.3 Å². The summed E-state index contributed by atoms with van der Waals surface area (Å²) in [6.07, 6.45) is 1.82. The molecule has 3 aromatic rings. The Morgan fingerprint density at radius 1 is 1.04 bits per heavy atom. The van der Waals surface area contributed by atoms with Gasteiger partial charge in [-0.15, -0.1) is 10.2 Å². The lowest BCUT2D eigenvalue weighted by Crippen LogP contribution is -2.36. The molecule has 136 valence electrons. The smallest absolute Gasteiger partial charge is 0.271 e. The molecule has 2 heterocycles. The summed E-state index contributed by atoms with van der Waals surface area (Å²) in [5.74, 6) is 2.57. The van der Waals surface area contributed by atoms with Crippen molar-refractivity contribution < 1.29 is 5.11 Å². The lowest BCUT2D eigenvalue weighted by molar-refractivity contribution is 0.477. The van der Waals surface area contributed by atoms with Gasteiger partial charge in [0, 0.05) is 35.7 Å². The van der Waals surface area contributed by atoms with E-state index in [-0.39, 0.29) is 12.5 Å². The van der Waals surface area contributed by atoms with Crippen LogP contribution in [-0.4, -0.2) is 35.1 Å². The molecule has 1 aliphatic rings. The van der Waals surface area contributed by atoms with Gasteiger partial charge in [-0.2, -0.15) is 0 Å². The fourth-order valence-corrected chi connectivity index (χ4v) is 3.32. The van der Waals surface area contributed by atoms with E-state index < -0.39 is 0 Å². The van der Waals surface area contributed by atoms with Gasteiger partial charge in [0.05, 0.1) is 11.2 Å². The van der Waals surface area contributed by atoms with Gasteiger partial charge < -0.3 is 10.0 Å². The number of anilines is 1. The molecule has 0 atom stereocenters. The molecule has 0 saturated carbocycles. The molecular weight excluding hydrogens is 335 g/mol. The molecule has 0 bridgehead atoms. The lowest BCUT2D eigenvalue weighted by Gasteiger charge is -2.30. The molecule has 0 spiro atoms. The van der Waals surface area contributed by atoms with Crippen LogP contribution in [0.25, 0.3) is 22.2 Å². The Morgan fingerprint density at radius 3 is 2.48 bits per heavy atom. The van der Waals surface area contributed by atoms with Crippen LogP contribution in [0.15, 0.2) is 48.5 Å². The maximum atomic E-state index is 10.0. The molecule has 1 fully saturated rings. The summed E-state index contributed by atoms with van der Waals surface area (Å²) in [7, 11) is 0. The number of nitrogens with zero attached hydrogens (tertiary/aromatic N) is 4. The predicted molar refractivity (Wildman–Crippen MR) is 111 cm³/mol. The van der Waals surface area contributed by atoms with Crippen LogP contribution in [0.3, 0.4) is 0 Å². The van der Waals surface area contributed by atoms with Gasteiger partial charge in [-0.05, 0) is 49.0 Å². The van der Waals surface area contributed by atoms with Gasteiger partial charge in [-0.3, -0.25) is 0 Å². The fraction of sp³-hybridized carbons (Fsp3) is 0.286. The summed E-state index contributed by atoms with van der Waals surface area (Å²) in [4.78, 5) is 2.31. The zero-order valence-electron chi connectivity index (χ0n) is 15.8. The maximum Gasteiger partial charge on any atom is 0.271 e. The van der Waals surface area contributed by atoms with Crippen LogP contribution in [0.1, 0.15) is 13.8 Å². The molecule has 1 saturated heterocycles. The van der Waals surface area contributed by atoms with Crippen LogP contribution in [0, 0.1) is 11.2 Å². The van der Waals surface area contributed by atoms with Crippen molar-refractivity contribution in [2.24, 2.45) is 0 Å². The zero-order chi connectivity index (χ0) is 19.2. The van der Waals surface area contributed by atoms with Gasteiger partial charge in [0.2, 0.25) is 0 Å². The number of phenolic OH excluding ortho intramolecular Hbond substituents is 1. The number of para-hydroxylation sites is 1. The third-order valence-corrected chi connectivity index (χ3v) is 4.79. The zero-order valence-corrected chi connectivity index (χ0v) is 15.8. The Balaban J connectivity index is 0.00000102. The van der Waals surface area contributed by atoms with E-state index in [0.29, 0.717) is 11.3 Å². The normalized spacial score (nSPS) is 13.7. The Hall–Kier alpha value is -3.07. The maximum absolute atomic E-state index is 10.0. The standard InChI is InChI=1S/C19H17BN4O.C2H6/c21-13-20-7-9-24(10-8-20)15-5-6-17-14(11-15)12-18(23-22-17)16-3-1-2-4-19(16)25;1-2/h1-6,11-12,25H,7-10H2;1-2H3. The average molecular weight is 358 g/mol. The first-order chi connectivity index (χ1) is 13.2. The fourth-order valence-electron chi connectivity index (χ4n) is 3.32. The van der Waals surface area contributed by atoms with Crippen LogP contribution in [0.2, 0.25) is 12.6 Å². The largest absolute Gasteiger partial charge is 0.507 e. The van der Waals surface area contributed by atoms with Crippen LogP contribution >= 0.6 is 0 Å². The third kappa shape index (κ3) is 4.03. The van der Waals surface area contributed by atoms with Gasteiger partial charge in [0.15, 0.2) is 0 Å². The van der Waals surface area contributed by atoms with Gasteiger partial charge in [0.1, 0.15) is 5.75 Å². The number of aromatic nitrogens is 2. The molecule has 5 nitrogen and oxygen atoms in total. The minimum Gasteiger partial charge on any atom is -0.507 e. The summed E-state index contributed by atoms with van der Waals surface area (Å²) in [5, 5.41) is 28.6. The van der Waals surface area contributed by atoms with E-state index >= 15 is 0 Å². The van der Waals surface area contributed by atoms with Gasteiger partial charge in [-0.25, -0.2) is 5.26 Å². The highest BCUT2D eigenvalue weighted by Gasteiger charge is 2.22. The minimum atomic E-state index is 0.176. The third-order valence-electron chi connectivity index (χ3n) is 4.79. The van der Waals surface area contributed by atoms with Crippen molar-refractivity contribution in [1.82, 2.24) is 10.2 Å². The van der Waals surface area contributed by atoms with E-state index in [2.05, 4.69) is 33.2 Å². The molecule has 0 aliphatic carbocycles. The highest BCUT2D eigenvalue weighted by molar-refractivity contribution is 6.67.